The summed E-state index contributed by atoms with van der Waals surface area (Å²) >= 11 is 0. The largest absolute Gasteiger partial charge is 0.475 e. The number of methoxy groups -OCH3 is 1. The monoisotopic (exact) mass is 375 g/mol. The van der Waals surface area contributed by atoms with Crippen molar-refractivity contribution in [3.63, 3.8) is 0 Å². The first-order valence-corrected chi connectivity index (χ1v) is 9.66. The SMILES string of the molecule is COC(=O)C1CN(C(=O)c2ccc(S(C)(=O)=O)cc2)c2ccccc2O1. The van der Waals surface area contributed by atoms with E-state index in [0.29, 0.717) is 17.0 Å². The molecule has 1 atom stereocenters. The highest BCUT2D eigenvalue weighted by molar-refractivity contribution is 7.90. The third-order valence-electron chi connectivity index (χ3n) is 4.01. The number of fused-ring (bicyclic) bond motifs is 1. The van der Waals surface area contributed by atoms with Crippen LogP contribution in [0.1, 0.15) is 10.4 Å². The highest BCUT2D eigenvalue weighted by Crippen LogP contribution is 2.34. The van der Waals surface area contributed by atoms with Crippen molar-refractivity contribution in [1.82, 2.24) is 0 Å². The van der Waals surface area contributed by atoms with Gasteiger partial charge in [-0.1, -0.05) is 12.1 Å². The lowest BCUT2D eigenvalue weighted by Crippen LogP contribution is -2.47. The van der Waals surface area contributed by atoms with Crippen molar-refractivity contribution in [2.75, 3.05) is 24.8 Å². The Morgan fingerprint density at radius 2 is 1.77 bits per heavy atom. The van der Waals surface area contributed by atoms with Gasteiger partial charge in [-0.25, -0.2) is 13.2 Å². The van der Waals surface area contributed by atoms with E-state index in [9.17, 15) is 18.0 Å². The van der Waals surface area contributed by atoms with E-state index in [0.717, 1.165) is 6.26 Å². The minimum absolute atomic E-state index is 0.00362. The first-order valence-electron chi connectivity index (χ1n) is 7.77. The zero-order valence-corrected chi connectivity index (χ0v) is 15.0. The average molecular weight is 375 g/mol. The molecule has 1 heterocycles. The molecule has 0 spiro atoms. The number of hydrogen-bond donors (Lipinski definition) is 0. The van der Waals surface area contributed by atoms with Crippen LogP contribution in [0.25, 0.3) is 0 Å². The number of carbonyl (C=O) groups excluding carboxylic acids is 2. The molecule has 8 heteroatoms. The van der Waals surface area contributed by atoms with Crippen LogP contribution in [-0.2, 0) is 19.4 Å². The van der Waals surface area contributed by atoms with Gasteiger partial charge < -0.3 is 14.4 Å². The highest BCUT2D eigenvalue weighted by Gasteiger charge is 2.34. The number of para-hydroxylation sites is 2. The molecule has 1 aliphatic heterocycles. The first-order chi connectivity index (χ1) is 12.3. The average Bonchev–Trinajstić information content (AvgIpc) is 2.65. The lowest BCUT2D eigenvalue weighted by molar-refractivity contribution is -0.148. The lowest BCUT2D eigenvalue weighted by atomic mass is 10.1. The molecule has 0 saturated heterocycles. The fourth-order valence-corrected chi connectivity index (χ4v) is 3.31. The zero-order valence-electron chi connectivity index (χ0n) is 14.2. The molecule has 1 amide bonds. The Balaban J connectivity index is 1.96. The van der Waals surface area contributed by atoms with E-state index in [2.05, 4.69) is 0 Å². The summed E-state index contributed by atoms with van der Waals surface area (Å²) < 4.78 is 33.5. The second kappa shape index (κ2) is 6.80. The van der Waals surface area contributed by atoms with E-state index in [-0.39, 0.29) is 17.3 Å². The normalized spacial score (nSPS) is 16.4. The van der Waals surface area contributed by atoms with Gasteiger partial charge in [-0.3, -0.25) is 4.79 Å². The van der Waals surface area contributed by atoms with Crippen LogP contribution in [0.4, 0.5) is 5.69 Å². The van der Waals surface area contributed by atoms with Gasteiger partial charge in [0.05, 0.1) is 24.2 Å². The van der Waals surface area contributed by atoms with Gasteiger partial charge in [-0.2, -0.15) is 0 Å². The Hall–Kier alpha value is -2.87. The molecule has 0 aromatic heterocycles. The van der Waals surface area contributed by atoms with Crippen LogP contribution in [0, 0.1) is 0 Å². The van der Waals surface area contributed by atoms with Crippen molar-refractivity contribution in [2.24, 2.45) is 0 Å². The van der Waals surface area contributed by atoms with Crippen molar-refractivity contribution in [1.29, 1.82) is 0 Å². The number of nitrogens with zero attached hydrogens (tertiary/aromatic N) is 1. The molecular weight excluding hydrogens is 358 g/mol. The van der Waals surface area contributed by atoms with Gasteiger partial charge in [0.15, 0.2) is 9.84 Å². The summed E-state index contributed by atoms with van der Waals surface area (Å²) in [6.07, 6.45) is 0.164. The summed E-state index contributed by atoms with van der Waals surface area (Å²) in [5, 5.41) is 0. The Morgan fingerprint density at radius 1 is 1.12 bits per heavy atom. The number of anilines is 1. The number of esters is 1. The van der Waals surface area contributed by atoms with E-state index in [1.165, 1.54) is 36.3 Å². The number of hydrogen-bond acceptors (Lipinski definition) is 6. The molecule has 2 aromatic carbocycles. The van der Waals surface area contributed by atoms with Crippen LogP contribution in [0.5, 0.6) is 5.75 Å². The second-order valence-corrected chi connectivity index (χ2v) is 7.83. The maximum absolute atomic E-state index is 12.9. The predicted octanol–water partition coefficient (Wildman–Crippen LogP) is 1.67. The number of rotatable bonds is 3. The van der Waals surface area contributed by atoms with Crippen LogP contribution in [-0.4, -0.2) is 46.3 Å². The summed E-state index contributed by atoms with van der Waals surface area (Å²) in [6, 6.07) is 12.5. The predicted molar refractivity (Wildman–Crippen MR) is 94.1 cm³/mol. The topological polar surface area (TPSA) is 90.0 Å². The minimum Gasteiger partial charge on any atom is -0.475 e. The molecular formula is C18H17NO6S. The van der Waals surface area contributed by atoms with Crippen molar-refractivity contribution < 1.29 is 27.5 Å². The van der Waals surface area contributed by atoms with Crippen molar-refractivity contribution in [2.45, 2.75) is 11.0 Å². The fourth-order valence-electron chi connectivity index (χ4n) is 2.68. The molecule has 2 aromatic rings. The standard InChI is InChI=1S/C18H17NO6S/c1-24-18(21)16-11-19(14-5-3-4-6-15(14)25-16)17(20)12-7-9-13(10-8-12)26(2,22)23/h3-10,16H,11H2,1-2H3. The smallest absolute Gasteiger partial charge is 0.348 e. The number of carbonyl (C=O) groups is 2. The number of benzene rings is 2. The molecule has 0 bridgehead atoms. The fraction of sp³-hybridized carbons (Fsp3) is 0.222. The zero-order chi connectivity index (χ0) is 18.9. The molecule has 0 saturated carbocycles. The molecule has 0 fully saturated rings. The van der Waals surface area contributed by atoms with Gasteiger partial charge in [0.1, 0.15) is 5.75 Å². The van der Waals surface area contributed by atoms with Crippen LogP contribution in [0.15, 0.2) is 53.4 Å². The Labute approximate surface area is 151 Å². The number of sulfone groups is 1. The second-order valence-electron chi connectivity index (χ2n) is 5.81. The maximum Gasteiger partial charge on any atom is 0.348 e. The van der Waals surface area contributed by atoms with Crippen LogP contribution >= 0.6 is 0 Å². The van der Waals surface area contributed by atoms with E-state index in [1.54, 1.807) is 24.3 Å². The van der Waals surface area contributed by atoms with Gasteiger partial charge in [0.2, 0.25) is 6.10 Å². The van der Waals surface area contributed by atoms with Crippen molar-refractivity contribution >= 4 is 27.4 Å². The quantitative estimate of drug-likeness (QED) is 0.758. The molecule has 7 nitrogen and oxygen atoms in total. The summed E-state index contributed by atoms with van der Waals surface area (Å²) in [5.41, 5.74) is 0.836. The molecule has 3 rings (SSSR count). The third-order valence-corrected chi connectivity index (χ3v) is 5.14. The maximum atomic E-state index is 12.9. The van der Waals surface area contributed by atoms with Gasteiger partial charge in [-0.05, 0) is 36.4 Å². The summed E-state index contributed by atoms with van der Waals surface area (Å²) in [6.45, 7) is -0.00362. The molecule has 26 heavy (non-hydrogen) atoms. The van der Waals surface area contributed by atoms with Crippen molar-refractivity contribution in [3.05, 3.63) is 54.1 Å². The summed E-state index contributed by atoms with van der Waals surface area (Å²) in [4.78, 5) is 26.4. The number of amides is 1. The Morgan fingerprint density at radius 3 is 2.38 bits per heavy atom. The van der Waals surface area contributed by atoms with Crippen LogP contribution in [0.3, 0.4) is 0 Å². The molecule has 136 valence electrons. The van der Waals surface area contributed by atoms with Crippen LogP contribution in [0.2, 0.25) is 0 Å². The van der Waals surface area contributed by atoms with Gasteiger partial charge in [-0.15, -0.1) is 0 Å². The van der Waals surface area contributed by atoms with E-state index in [1.807, 2.05) is 0 Å². The molecule has 1 aliphatic rings. The van der Waals surface area contributed by atoms with E-state index < -0.39 is 21.9 Å². The Kier molecular flexibility index (Phi) is 4.69. The van der Waals surface area contributed by atoms with Crippen molar-refractivity contribution in [3.8, 4) is 5.75 Å². The molecule has 0 N–H and O–H groups in total. The van der Waals surface area contributed by atoms with Gasteiger partial charge in [0.25, 0.3) is 5.91 Å². The molecule has 0 radical (unpaired) electrons. The molecule has 0 aliphatic carbocycles. The minimum atomic E-state index is -3.35. The van der Waals surface area contributed by atoms with E-state index in [4.69, 9.17) is 9.47 Å². The van der Waals surface area contributed by atoms with E-state index >= 15 is 0 Å². The number of ether oxygens (including phenoxy) is 2. The highest BCUT2D eigenvalue weighted by atomic mass is 32.2. The summed E-state index contributed by atoms with van der Waals surface area (Å²) in [7, 11) is -2.10. The third kappa shape index (κ3) is 3.41. The lowest BCUT2D eigenvalue weighted by Gasteiger charge is -2.33. The Bertz CT molecular complexity index is 952. The summed E-state index contributed by atoms with van der Waals surface area (Å²) in [5.74, 6) is -0.547. The van der Waals surface area contributed by atoms with Crippen LogP contribution < -0.4 is 9.64 Å². The first kappa shape index (κ1) is 17.9. The van der Waals surface area contributed by atoms with Gasteiger partial charge >= 0.3 is 5.97 Å². The van der Waals surface area contributed by atoms with Gasteiger partial charge in [0, 0.05) is 11.8 Å². The molecule has 1 unspecified atom stereocenters.